The molecule has 0 aliphatic rings. The SMILES string of the molecule is C=CCCC[C@H](NC(=O)[C@H](O)[C@@H](NC(=O)c1ccccc1)c1ccccc1)C(=O)O. The lowest BCUT2D eigenvalue weighted by Gasteiger charge is -2.25. The van der Waals surface area contributed by atoms with Crippen LogP contribution in [-0.2, 0) is 9.59 Å². The Labute approximate surface area is 175 Å². The number of hydrogen-bond donors (Lipinski definition) is 4. The van der Waals surface area contributed by atoms with Crippen LogP contribution in [0, 0.1) is 0 Å². The van der Waals surface area contributed by atoms with E-state index < -0.39 is 36.0 Å². The van der Waals surface area contributed by atoms with Gasteiger partial charge >= 0.3 is 5.97 Å². The van der Waals surface area contributed by atoms with Crippen LogP contribution in [0.5, 0.6) is 0 Å². The zero-order valence-electron chi connectivity index (χ0n) is 16.5. The maximum Gasteiger partial charge on any atom is 0.326 e. The zero-order chi connectivity index (χ0) is 21.9. The molecule has 0 unspecified atom stereocenters. The highest BCUT2D eigenvalue weighted by molar-refractivity contribution is 5.95. The fourth-order valence-corrected chi connectivity index (χ4v) is 2.95. The molecule has 0 bridgehead atoms. The highest BCUT2D eigenvalue weighted by Gasteiger charge is 2.31. The monoisotopic (exact) mass is 410 g/mol. The molecule has 2 aromatic rings. The number of rotatable bonds is 11. The van der Waals surface area contributed by atoms with E-state index in [0.717, 1.165) is 0 Å². The van der Waals surface area contributed by atoms with E-state index in [1.54, 1.807) is 66.7 Å². The highest BCUT2D eigenvalue weighted by atomic mass is 16.4. The second kappa shape index (κ2) is 11.5. The first-order chi connectivity index (χ1) is 14.4. The summed E-state index contributed by atoms with van der Waals surface area (Å²) in [6.07, 6.45) is 1.33. The third kappa shape index (κ3) is 6.56. The van der Waals surface area contributed by atoms with Crippen molar-refractivity contribution in [2.24, 2.45) is 0 Å². The van der Waals surface area contributed by atoms with Crippen molar-refractivity contribution in [3.63, 3.8) is 0 Å². The van der Waals surface area contributed by atoms with Crippen molar-refractivity contribution in [3.05, 3.63) is 84.4 Å². The summed E-state index contributed by atoms with van der Waals surface area (Å²) in [5.74, 6) is -2.52. The number of hydrogen-bond acceptors (Lipinski definition) is 4. The molecule has 0 saturated heterocycles. The Morgan fingerprint density at radius 1 is 0.967 bits per heavy atom. The molecule has 3 atom stereocenters. The van der Waals surface area contributed by atoms with Gasteiger partial charge in [-0.25, -0.2) is 4.79 Å². The van der Waals surface area contributed by atoms with Crippen LogP contribution in [-0.4, -0.2) is 40.1 Å². The van der Waals surface area contributed by atoms with Gasteiger partial charge in [-0.15, -0.1) is 6.58 Å². The first-order valence-electron chi connectivity index (χ1n) is 9.67. The van der Waals surface area contributed by atoms with E-state index in [2.05, 4.69) is 17.2 Å². The lowest BCUT2D eigenvalue weighted by atomic mass is 9.99. The fourth-order valence-electron chi connectivity index (χ4n) is 2.95. The number of carboxylic acids is 1. The zero-order valence-corrected chi connectivity index (χ0v) is 16.5. The smallest absolute Gasteiger partial charge is 0.326 e. The van der Waals surface area contributed by atoms with Crippen molar-refractivity contribution < 1.29 is 24.6 Å². The molecule has 0 radical (unpaired) electrons. The van der Waals surface area contributed by atoms with Crippen LogP contribution in [0.1, 0.15) is 41.2 Å². The second-order valence-electron chi connectivity index (χ2n) is 6.79. The summed E-state index contributed by atoms with van der Waals surface area (Å²) in [5, 5.41) is 25.1. The summed E-state index contributed by atoms with van der Waals surface area (Å²) in [7, 11) is 0. The molecule has 7 heteroatoms. The van der Waals surface area contributed by atoms with Crippen LogP contribution in [0.4, 0.5) is 0 Å². The first kappa shape index (κ1) is 22.8. The van der Waals surface area contributed by atoms with Gasteiger partial charge in [0.1, 0.15) is 6.04 Å². The average Bonchev–Trinajstić information content (AvgIpc) is 2.77. The first-order valence-corrected chi connectivity index (χ1v) is 9.67. The Balaban J connectivity index is 2.18. The molecule has 0 aliphatic heterocycles. The minimum Gasteiger partial charge on any atom is -0.480 e. The van der Waals surface area contributed by atoms with Gasteiger partial charge in [0.2, 0.25) is 0 Å². The van der Waals surface area contributed by atoms with Crippen LogP contribution < -0.4 is 10.6 Å². The Hall–Kier alpha value is -3.45. The fraction of sp³-hybridized carbons (Fsp3) is 0.261. The maximum atomic E-state index is 12.6. The van der Waals surface area contributed by atoms with Gasteiger partial charge in [0.25, 0.3) is 11.8 Å². The van der Waals surface area contributed by atoms with Gasteiger partial charge < -0.3 is 20.8 Å². The number of carbonyl (C=O) groups is 3. The second-order valence-corrected chi connectivity index (χ2v) is 6.79. The average molecular weight is 410 g/mol. The van der Waals surface area contributed by atoms with Gasteiger partial charge in [0.05, 0.1) is 6.04 Å². The molecule has 0 spiro atoms. The maximum absolute atomic E-state index is 12.6. The standard InChI is InChI=1S/C23H26N2O5/c1-2-3-6-15-18(23(29)30)24-22(28)20(26)19(16-11-7-4-8-12-16)25-21(27)17-13-9-5-10-14-17/h2,4-5,7-14,18-20,26H,1,3,6,15H2,(H,24,28)(H,25,27)(H,29,30)/t18-,19-,20+/m0/s1. The van der Waals surface area contributed by atoms with E-state index in [0.29, 0.717) is 24.0 Å². The van der Waals surface area contributed by atoms with Gasteiger partial charge in [-0.2, -0.15) is 0 Å². The highest BCUT2D eigenvalue weighted by Crippen LogP contribution is 2.19. The van der Waals surface area contributed by atoms with E-state index in [1.165, 1.54) is 0 Å². The summed E-state index contributed by atoms with van der Waals surface area (Å²) in [5.41, 5.74) is 0.891. The van der Waals surface area contributed by atoms with E-state index in [-0.39, 0.29) is 6.42 Å². The van der Waals surface area contributed by atoms with Crippen molar-refractivity contribution in [2.45, 2.75) is 37.5 Å². The number of carboxylic acid groups (broad SMARTS) is 1. The number of carbonyl (C=O) groups excluding carboxylic acids is 2. The van der Waals surface area contributed by atoms with Crippen LogP contribution in [0.25, 0.3) is 0 Å². The molecular formula is C23H26N2O5. The minimum atomic E-state index is -1.68. The predicted octanol–water partition coefficient (Wildman–Crippen LogP) is 2.44. The third-order valence-corrected chi connectivity index (χ3v) is 4.58. The van der Waals surface area contributed by atoms with Gasteiger partial charge in [-0.3, -0.25) is 9.59 Å². The molecule has 2 aromatic carbocycles. The molecule has 30 heavy (non-hydrogen) atoms. The van der Waals surface area contributed by atoms with Gasteiger partial charge in [0.15, 0.2) is 6.10 Å². The molecule has 7 nitrogen and oxygen atoms in total. The number of amides is 2. The van der Waals surface area contributed by atoms with E-state index >= 15 is 0 Å². The van der Waals surface area contributed by atoms with Crippen LogP contribution in [0.15, 0.2) is 73.3 Å². The molecule has 2 rings (SSSR count). The number of benzene rings is 2. The van der Waals surface area contributed by atoms with Crippen LogP contribution in [0.2, 0.25) is 0 Å². The number of allylic oxidation sites excluding steroid dienone is 1. The summed E-state index contributed by atoms with van der Waals surface area (Å²) in [6, 6.07) is 14.8. The summed E-state index contributed by atoms with van der Waals surface area (Å²) in [4.78, 5) is 36.7. The van der Waals surface area contributed by atoms with E-state index in [4.69, 9.17) is 0 Å². The molecule has 0 aromatic heterocycles. The largest absolute Gasteiger partial charge is 0.480 e. The number of aliphatic hydroxyl groups is 1. The molecular weight excluding hydrogens is 384 g/mol. The Bertz CT molecular complexity index is 854. The number of aliphatic hydroxyl groups excluding tert-OH is 1. The molecule has 158 valence electrons. The normalized spacial score (nSPS) is 13.5. The molecule has 0 fully saturated rings. The summed E-state index contributed by atoms with van der Waals surface area (Å²) < 4.78 is 0. The van der Waals surface area contributed by atoms with Crippen LogP contribution in [0.3, 0.4) is 0 Å². The third-order valence-electron chi connectivity index (χ3n) is 4.58. The molecule has 2 amide bonds. The predicted molar refractivity (Wildman–Crippen MR) is 113 cm³/mol. The van der Waals surface area contributed by atoms with E-state index in [1.807, 2.05) is 0 Å². The van der Waals surface area contributed by atoms with Gasteiger partial charge in [0, 0.05) is 5.56 Å². The summed E-state index contributed by atoms with van der Waals surface area (Å²) in [6.45, 7) is 3.59. The Kier molecular flexibility index (Phi) is 8.77. The molecule has 0 heterocycles. The summed E-state index contributed by atoms with van der Waals surface area (Å²) >= 11 is 0. The van der Waals surface area contributed by atoms with Gasteiger partial charge in [-0.1, -0.05) is 54.6 Å². The van der Waals surface area contributed by atoms with Crippen molar-refractivity contribution in [1.82, 2.24) is 10.6 Å². The molecule has 4 N–H and O–H groups in total. The van der Waals surface area contributed by atoms with Gasteiger partial charge in [-0.05, 0) is 37.0 Å². The lowest BCUT2D eigenvalue weighted by Crippen LogP contribution is -2.50. The van der Waals surface area contributed by atoms with Crippen LogP contribution >= 0.6 is 0 Å². The quantitative estimate of drug-likeness (QED) is 0.335. The van der Waals surface area contributed by atoms with E-state index in [9.17, 15) is 24.6 Å². The lowest BCUT2D eigenvalue weighted by molar-refractivity contribution is -0.144. The number of nitrogens with one attached hydrogen (secondary N) is 2. The van der Waals surface area contributed by atoms with Crippen molar-refractivity contribution in [2.75, 3.05) is 0 Å². The van der Waals surface area contributed by atoms with Crippen molar-refractivity contribution in [1.29, 1.82) is 0 Å². The van der Waals surface area contributed by atoms with Crippen molar-refractivity contribution >= 4 is 17.8 Å². The molecule has 0 aliphatic carbocycles. The topological polar surface area (TPSA) is 116 Å². The number of aliphatic carboxylic acids is 1. The Morgan fingerprint density at radius 2 is 1.57 bits per heavy atom. The number of unbranched alkanes of at least 4 members (excludes halogenated alkanes) is 1. The minimum absolute atomic E-state index is 0.201. The Morgan fingerprint density at radius 3 is 2.13 bits per heavy atom. The molecule has 0 saturated carbocycles. The van der Waals surface area contributed by atoms with Crippen molar-refractivity contribution in [3.8, 4) is 0 Å².